The summed E-state index contributed by atoms with van der Waals surface area (Å²) in [6.07, 6.45) is 2.44. The number of aromatic nitrogens is 1. The Morgan fingerprint density at radius 2 is 2.50 bits per heavy atom. The molecular weight excluding hydrogens is 178 g/mol. The molecule has 0 saturated carbocycles. The van der Waals surface area contributed by atoms with E-state index >= 15 is 0 Å². The maximum absolute atomic E-state index is 9.35. The van der Waals surface area contributed by atoms with Gasteiger partial charge in [0.2, 0.25) is 0 Å². The fraction of sp³-hybridized carbons (Fsp3) is 0.500. The van der Waals surface area contributed by atoms with Crippen LogP contribution >= 0.6 is 0 Å². The van der Waals surface area contributed by atoms with Crippen LogP contribution < -0.4 is 5.73 Å². The standard InChI is InChI=1S/C10H15N3O/c11-10-5-8(1-3-12-10)6-13-4-2-9(14)7-13/h1,3,5,9,14H,2,4,6-7H2,(H2,11,12). The molecule has 0 bridgehead atoms. The van der Waals surface area contributed by atoms with E-state index in [4.69, 9.17) is 5.73 Å². The number of aliphatic hydroxyl groups excluding tert-OH is 1. The number of likely N-dealkylation sites (tertiary alicyclic amines) is 1. The van der Waals surface area contributed by atoms with Crippen LogP contribution in [0.15, 0.2) is 18.3 Å². The molecule has 4 heteroatoms. The molecule has 4 nitrogen and oxygen atoms in total. The maximum atomic E-state index is 9.35. The fourth-order valence-corrected chi connectivity index (χ4v) is 1.81. The quantitative estimate of drug-likeness (QED) is 0.706. The summed E-state index contributed by atoms with van der Waals surface area (Å²) in [5, 5.41) is 9.35. The summed E-state index contributed by atoms with van der Waals surface area (Å²) in [5.41, 5.74) is 6.74. The second-order valence-corrected chi connectivity index (χ2v) is 3.77. The first-order chi connectivity index (χ1) is 6.74. The first-order valence-corrected chi connectivity index (χ1v) is 4.85. The number of rotatable bonds is 2. The molecule has 1 aromatic heterocycles. The number of nitrogens with zero attached hydrogens (tertiary/aromatic N) is 2. The van der Waals surface area contributed by atoms with Gasteiger partial charge in [-0.25, -0.2) is 4.98 Å². The largest absolute Gasteiger partial charge is 0.392 e. The number of nitrogens with two attached hydrogens (primary N) is 1. The second kappa shape index (κ2) is 3.94. The van der Waals surface area contributed by atoms with E-state index in [9.17, 15) is 5.11 Å². The lowest BCUT2D eigenvalue weighted by Gasteiger charge is -2.14. The highest BCUT2D eigenvalue weighted by Gasteiger charge is 2.19. The van der Waals surface area contributed by atoms with Crippen molar-refractivity contribution >= 4 is 5.82 Å². The molecule has 0 aromatic carbocycles. The zero-order valence-corrected chi connectivity index (χ0v) is 8.06. The molecule has 0 amide bonds. The van der Waals surface area contributed by atoms with Gasteiger partial charge in [-0.3, -0.25) is 4.90 Å². The first kappa shape index (κ1) is 9.43. The van der Waals surface area contributed by atoms with Crippen LogP contribution in [0.5, 0.6) is 0 Å². The average Bonchev–Trinajstić information content (AvgIpc) is 2.51. The average molecular weight is 193 g/mol. The zero-order valence-electron chi connectivity index (χ0n) is 8.06. The van der Waals surface area contributed by atoms with Gasteiger partial charge in [0.25, 0.3) is 0 Å². The summed E-state index contributed by atoms with van der Waals surface area (Å²) in [5.74, 6) is 0.558. The highest BCUT2D eigenvalue weighted by molar-refractivity contribution is 5.31. The number of aliphatic hydroxyl groups is 1. The number of anilines is 1. The third-order valence-electron chi connectivity index (χ3n) is 2.50. The Hall–Kier alpha value is -1.13. The highest BCUT2D eigenvalue weighted by Crippen LogP contribution is 2.13. The molecule has 14 heavy (non-hydrogen) atoms. The van der Waals surface area contributed by atoms with Crippen LogP contribution in [0.2, 0.25) is 0 Å². The third kappa shape index (κ3) is 2.21. The summed E-state index contributed by atoms with van der Waals surface area (Å²) in [4.78, 5) is 6.16. The van der Waals surface area contributed by atoms with Crippen molar-refractivity contribution in [3.63, 3.8) is 0 Å². The molecule has 2 rings (SSSR count). The van der Waals surface area contributed by atoms with Gasteiger partial charge >= 0.3 is 0 Å². The van der Waals surface area contributed by atoms with Gasteiger partial charge in [-0.05, 0) is 24.1 Å². The number of β-amino-alcohol motifs (C(OH)–C–C–N with tert-alkyl or cyclic N) is 1. The Bertz CT molecular complexity index is 316. The van der Waals surface area contributed by atoms with Gasteiger partial charge in [0, 0.05) is 25.8 Å². The van der Waals surface area contributed by atoms with E-state index in [1.54, 1.807) is 6.20 Å². The lowest BCUT2D eigenvalue weighted by atomic mass is 10.2. The van der Waals surface area contributed by atoms with Crippen LogP contribution in [-0.2, 0) is 6.54 Å². The first-order valence-electron chi connectivity index (χ1n) is 4.85. The van der Waals surface area contributed by atoms with Gasteiger partial charge in [-0.2, -0.15) is 0 Å². The van der Waals surface area contributed by atoms with Crippen LogP contribution in [-0.4, -0.2) is 34.2 Å². The zero-order chi connectivity index (χ0) is 9.97. The van der Waals surface area contributed by atoms with Gasteiger partial charge in [-0.15, -0.1) is 0 Å². The molecule has 0 spiro atoms. The Labute approximate surface area is 83.4 Å². The van der Waals surface area contributed by atoms with E-state index < -0.39 is 0 Å². The highest BCUT2D eigenvalue weighted by atomic mass is 16.3. The Balaban J connectivity index is 1.97. The molecule has 1 saturated heterocycles. The van der Waals surface area contributed by atoms with Gasteiger partial charge in [-0.1, -0.05) is 0 Å². The van der Waals surface area contributed by atoms with E-state index in [0.717, 1.165) is 31.6 Å². The van der Waals surface area contributed by atoms with Crippen molar-refractivity contribution in [3.05, 3.63) is 23.9 Å². The topological polar surface area (TPSA) is 62.4 Å². The molecule has 1 unspecified atom stereocenters. The summed E-state index contributed by atoms with van der Waals surface area (Å²) < 4.78 is 0. The summed E-state index contributed by atoms with van der Waals surface area (Å²) in [6.45, 7) is 2.58. The van der Waals surface area contributed by atoms with Crippen molar-refractivity contribution < 1.29 is 5.11 Å². The molecule has 1 atom stereocenters. The van der Waals surface area contributed by atoms with E-state index in [1.807, 2.05) is 12.1 Å². The number of hydrogen-bond donors (Lipinski definition) is 2. The lowest BCUT2D eigenvalue weighted by Crippen LogP contribution is -2.21. The van der Waals surface area contributed by atoms with Gasteiger partial charge in [0.05, 0.1) is 6.10 Å². The normalized spacial score (nSPS) is 22.8. The number of nitrogen functional groups attached to an aromatic ring is 1. The minimum Gasteiger partial charge on any atom is -0.392 e. The summed E-state index contributed by atoms with van der Waals surface area (Å²) in [6, 6.07) is 3.84. The third-order valence-corrected chi connectivity index (χ3v) is 2.50. The van der Waals surface area contributed by atoms with E-state index in [0.29, 0.717) is 5.82 Å². The Morgan fingerprint density at radius 1 is 1.64 bits per heavy atom. The van der Waals surface area contributed by atoms with Gasteiger partial charge < -0.3 is 10.8 Å². The number of hydrogen-bond acceptors (Lipinski definition) is 4. The SMILES string of the molecule is Nc1cc(CN2CCC(O)C2)ccn1. The van der Waals surface area contributed by atoms with Crippen LogP contribution in [0.1, 0.15) is 12.0 Å². The van der Waals surface area contributed by atoms with Crippen molar-refractivity contribution in [2.24, 2.45) is 0 Å². The fourth-order valence-electron chi connectivity index (χ4n) is 1.81. The van der Waals surface area contributed by atoms with E-state index in [2.05, 4.69) is 9.88 Å². The molecular formula is C10H15N3O. The summed E-state index contributed by atoms with van der Waals surface area (Å²) >= 11 is 0. The number of pyridine rings is 1. The minimum atomic E-state index is -0.158. The molecule has 1 aliphatic rings. The molecule has 0 radical (unpaired) electrons. The van der Waals surface area contributed by atoms with Crippen LogP contribution in [0.3, 0.4) is 0 Å². The molecule has 3 N–H and O–H groups in total. The Kier molecular flexibility index (Phi) is 2.65. The molecule has 2 heterocycles. The lowest BCUT2D eigenvalue weighted by molar-refractivity contribution is 0.175. The monoisotopic (exact) mass is 193 g/mol. The molecule has 1 aromatic rings. The van der Waals surface area contributed by atoms with Crippen molar-refractivity contribution in [1.29, 1.82) is 0 Å². The van der Waals surface area contributed by atoms with Crippen LogP contribution in [0, 0.1) is 0 Å². The second-order valence-electron chi connectivity index (χ2n) is 3.77. The Morgan fingerprint density at radius 3 is 3.14 bits per heavy atom. The van der Waals surface area contributed by atoms with Crippen LogP contribution in [0.25, 0.3) is 0 Å². The predicted molar refractivity (Wildman–Crippen MR) is 54.6 cm³/mol. The smallest absolute Gasteiger partial charge is 0.123 e. The van der Waals surface area contributed by atoms with Crippen molar-refractivity contribution in [1.82, 2.24) is 9.88 Å². The van der Waals surface area contributed by atoms with E-state index in [1.165, 1.54) is 0 Å². The molecule has 0 aliphatic carbocycles. The minimum absolute atomic E-state index is 0.158. The van der Waals surface area contributed by atoms with Gasteiger partial charge in [0.1, 0.15) is 5.82 Å². The van der Waals surface area contributed by atoms with Gasteiger partial charge in [0.15, 0.2) is 0 Å². The van der Waals surface area contributed by atoms with E-state index in [-0.39, 0.29) is 6.10 Å². The molecule has 1 fully saturated rings. The maximum Gasteiger partial charge on any atom is 0.123 e. The van der Waals surface area contributed by atoms with Crippen LogP contribution in [0.4, 0.5) is 5.82 Å². The van der Waals surface area contributed by atoms with Crippen molar-refractivity contribution in [2.45, 2.75) is 19.1 Å². The van der Waals surface area contributed by atoms with Crippen molar-refractivity contribution in [3.8, 4) is 0 Å². The molecule has 1 aliphatic heterocycles. The van der Waals surface area contributed by atoms with Crippen molar-refractivity contribution in [2.75, 3.05) is 18.8 Å². The molecule has 76 valence electrons. The predicted octanol–water partition coefficient (Wildman–Crippen LogP) is 0.230. The summed E-state index contributed by atoms with van der Waals surface area (Å²) in [7, 11) is 0.